The van der Waals surface area contributed by atoms with Gasteiger partial charge in [0, 0.05) is 24.7 Å². The van der Waals surface area contributed by atoms with Crippen LogP contribution in [0.4, 0.5) is 11.4 Å². The highest BCUT2D eigenvalue weighted by molar-refractivity contribution is 6.34. The number of halogens is 1. The summed E-state index contributed by atoms with van der Waals surface area (Å²) in [6, 6.07) is 9.75. The number of carbonyl (C=O) groups is 3. The summed E-state index contributed by atoms with van der Waals surface area (Å²) in [5.74, 6) is -1.66. The van der Waals surface area contributed by atoms with E-state index >= 15 is 0 Å². The number of rotatable bonds is 6. The maximum Gasteiger partial charge on any atom is 0.340 e. The maximum atomic E-state index is 12.6. The van der Waals surface area contributed by atoms with E-state index in [0.29, 0.717) is 6.54 Å². The molecule has 1 fully saturated rings. The Morgan fingerprint density at radius 1 is 1.19 bits per heavy atom. The van der Waals surface area contributed by atoms with Gasteiger partial charge in [0.2, 0.25) is 0 Å². The van der Waals surface area contributed by atoms with Gasteiger partial charge >= 0.3 is 5.97 Å². The summed E-state index contributed by atoms with van der Waals surface area (Å²) in [5.41, 5.74) is -0.00740. The topological polar surface area (TPSA) is 119 Å². The smallest absolute Gasteiger partial charge is 0.340 e. The van der Waals surface area contributed by atoms with Crippen molar-refractivity contribution < 1.29 is 24.0 Å². The van der Waals surface area contributed by atoms with Crippen LogP contribution in [0, 0.1) is 10.1 Å². The number of nitro groups is 1. The van der Waals surface area contributed by atoms with Gasteiger partial charge in [0.05, 0.1) is 26.8 Å². The zero-order valence-corrected chi connectivity index (χ0v) is 18.1. The van der Waals surface area contributed by atoms with E-state index < -0.39 is 16.8 Å². The summed E-state index contributed by atoms with van der Waals surface area (Å²) in [4.78, 5) is 49.6. The first-order chi connectivity index (χ1) is 15.3. The summed E-state index contributed by atoms with van der Waals surface area (Å²) in [7, 11) is 0. The first-order valence-corrected chi connectivity index (χ1v) is 10.5. The van der Waals surface area contributed by atoms with Crippen molar-refractivity contribution in [2.24, 2.45) is 0 Å². The van der Waals surface area contributed by atoms with Gasteiger partial charge in [0.15, 0.2) is 6.61 Å². The number of non-ortho nitro benzene ring substituents is 1. The van der Waals surface area contributed by atoms with Gasteiger partial charge in [-0.1, -0.05) is 23.7 Å². The van der Waals surface area contributed by atoms with E-state index in [4.69, 9.17) is 16.3 Å². The first kappa shape index (κ1) is 23.2. The third-order valence-electron chi connectivity index (χ3n) is 5.25. The van der Waals surface area contributed by atoms with Crippen LogP contribution in [0.1, 0.15) is 46.9 Å². The van der Waals surface area contributed by atoms with Crippen LogP contribution in [0.25, 0.3) is 0 Å². The van der Waals surface area contributed by atoms with Gasteiger partial charge in [-0.05, 0) is 44.4 Å². The molecule has 1 heterocycles. The van der Waals surface area contributed by atoms with Crippen LogP contribution in [-0.4, -0.2) is 46.8 Å². The van der Waals surface area contributed by atoms with Crippen LogP contribution in [0.15, 0.2) is 42.5 Å². The molecule has 1 atom stereocenters. The molecule has 1 N–H and O–H groups in total. The summed E-state index contributed by atoms with van der Waals surface area (Å²) in [6.45, 7) is 2.22. The Hall–Kier alpha value is -3.46. The lowest BCUT2D eigenvalue weighted by molar-refractivity contribution is -0.384. The van der Waals surface area contributed by atoms with E-state index in [2.05, 4.69) is 5.32 Å². The minimum atomic E-state index is -0.756. The molecule has 1 aliphatic rings. The van der Waals surface area contributed by atoms with Gasteiger partial charge in [-0.2, -0.15) is 0 Å². The Labute approximate surface area is 189 Å². The van der Waals surface area contributed by atoms with Gasteiger partial charge in [-0.25, -0.2) is 4.79 Å². The monoisotopic (exact) mass is 459 g/mol. The van der Waals surface area contributed by atoms with Crippen LogP contribution in [0.5, 0.6) is 0 Å². The minimum Gasteiger partial charge on any atom is -0.452 e. The quantitative estimate of drug-likeness (QED) is 0.395. The molecular formula is C22H22ClN3O6. The number of anilines is 1. The van der Waals surface area contributed by atoms with Crippen molar-refractivity contribution in [3.63, 3.8) is 0 Å². The van der Waals surface area contributed by atoms with Crippen LogP contribution in [0.3, 0.4) is 0 Å². The molecule has 168 valence electrons. The number of hydrogen-bond acceptors (Lipinski definition) is 6. The number of nitro benzene ring substituents is 1. The number of hydrogen-bond donors (Lipinski definition) is 1. The molecule has 3 rings (SSSR count). The lowest BCUT2D eigenvalue weighted by atomic mass is 10.0. The SMILES string of the molecule is C[C@H]1CCCCN1C(=O)COC(=O)c1ccccc1NC(=O)c1ccc([N+](=O)[O-])cc1Cl. The largest absolute Gasteiger partial charge is 0.452 e. The number of piperidine rings is 1. The van der Waals surface area contributed by atoms with Crippen molar-refractivity contribution >= 4 is 40.8 Å². The standard InChI is InChI=1S/C22H22ClN3O6/c1-14-6-4-5-11-25(14)20(27)13-32-22(29)17-7-2-3-8-19(17)24-21(28)16-10-9-15(26(30)31)12-18(16)23/h2-3,7-10,12,14H,4-6,11,13H2,1H3,(H,24,28)/t14-/m0/s1. The zero-order chi connectivity index (χ0) is 23.3. The Bertz CT molecular complexity index is 1060. The van der Waals surface area contributed by atoms with Crippen molar-refractivity contribution in [3.8, 4) is 0 Å². The molecule has 0 bridgehead atoms. The molecule has 1 aliphatic heterocycles. The highest BCUT2D eigenvalue weighted by atomic mass is 35.5. The van der Waals surface area contributed by atoms with Crippen molar-refractivity contribution in [2.45, 2.75) is 32.2 Å². The first-order valence-electron chi connectivity index (χ1n) is 10.1. The molecule has 0 spiro atoms. The second kappa shape index (κ2) is 10.2. The van der Waals surface area contributed by atoms with E-state index in [-0.39, 0.29) is 46.1 Å². The van der Waals surface area contributed by atoms with Gasteiger partial charge in [0.1, 0.15) is 0 Å². The number of ether oxygens (including phenoxy) is 1. The fourth-order valence-electron chi connectivity index (χ4n) is 3.52. The van der Waals surface area contributed by atoms with Crippen molar-refractivity contribution in [2.75, 3.05) is 18.5 Å². The predicted octanol–water partition coefficient (Wildman–Crippen LogP) is 4.06. The third-order valence-corrected chi connectivity index (χ3v) is 5.57. The van der Waals surface area contributed by atoms with E-state index in [1.807, 2.05) is 6.92 Å². The van der Waals surface area contributed by atoms with Crippen LogP contribution in [0.2, 0.25) is 5.02 Å². The Morgan fingerprint density at radius 3 is 2.62 bits per heavy atom. The van der Waals surface area contributed by atoms with E-state index in [9.17, 15) is 24.5 Å². The van der Waals surface area contributed by atoms with Crippen molar-refractivity contribution in [3.05, 3.63) is 68.7 Å². The Balaban J connectivity index is 1.68. The van der Waals surface area contributed by atoms with E-state index in [0.717, 1.165) is 31.4 Å². The Morgan fingerprint density at radius 2 is 1.94 bits per heavy atom. The summed E-state index contributed by atoms with van der Waals surface area (Å²) >= 11 is 6.01. The number of carbonyl (C=O) groups excluding carboxylic acids is 3. The molecule has 32 heavy (non-hydrogen) atoms. The highest BCUT2D eigenvalue weighted by Crippen LogP contribution is 2.25. The molecule has 0 aromatic heterocycles. The lowest BCUT2D eigenvalue weighted by Gasteiger charge is -2.33. The summed E-state index contributed by atoms with van der Waals surface area (Å²) in [5, 5.41) is 13.3. The van der Waals surface area contributed by atoms with Gasteiger partial charge in [0.25, 0.3) is 17.5 Å². The van der Waals surface area contributed by atoms with Crippen LogP contribution in [-0.2, 0) is 9.53 Å². The molecule has 0 saturated carbocycles. The molecule has 2 amide bonds. The number of amides is 2. The molecule has 2 aromatic carbocycles. The number of esters is 1. The summed E-state index contributed by atoms with van der Waals surface area (Å²) < 4.78 is 5.20. The number of para-hydroxylation sites is 1. The molecule has 10 heteroatoms. The van der Waals surface area contributed by atoms with Crippen molar-refractivity contribution in [1.82, 2.24) is 4.90 Å². The average Bonchev–Trinajstić information content (AvgIpc) is 2.77. The van der Waals surface area contributed by atoms with Crippen LogP contribution >= 0.6 is 11.6 Å². The number of likely N-dealkylation sites (tertiary alicyclic amines) is 1. The fraction of sp³-hybridized carbons (Fsp3) is 0.318. The average molecular weight is 460 g/mol. The molecule has 0 aliphatic carbocycles. The van der Waals surface area contributed by atoms with E-state index in [1.54, 1.807) is 17.0 Å². The number of nitrogens with zero attached hydrogens (tertiary/aromatic N) is 2. The maximum absolute atomic E-state index is 12.6. The van der Waals surface area contributed by atoms with Gasteiger partial charge < -0.3 is 15.0 Å². The Kier molecular flexibility index (Phi) is 7.42. The molecular weight excluding hydrogens is 438 g/mol. The third kappa shape index (κ3) is 5.42. The predicted molar refractivity (Wildman–Crippen MR) is 118 cm³/mol. The van der Waals surface area contributed by atoms with E-state index in [1.165, 1.54) is 18.2 Å². The number of benzene rings is 2. The molecule has 2 aromatic rings. The summed E-state index contributed by atoms with van der Waals surface area (Å²) in [6.07, 6.45) is 2.90. The highest BCUT2D eigenvalue weighted by Gasteiger charge is 2.25. The van der Waals surface area contributed by atoms with Crippen molar-refractivity contribution in [1.29, 1.82) is 0 Å². The molecule has 1 saturated heterocycles. The minimum absolute atomic E-state index is 0.00898. The molecule has 0 radical (unpaired) electrons. The van der Waals surface area contributed by atoms with Gasteiger partial charge in [-0.15, -0.1) is 0 Å². The second-order valence-corrected chi connectivity index (χ2v) is 7.84. The second-order valence-electron chi connectivity index (χ2n) is 7.43. The number of nitrogens with one attached hydrogen (secondary N) is 1. The molecule has 9 nitrogen and oxygen atoms in total. The molecule has 0 unspecified atom stereocenters. The van der Waals surface area contributed by atoms with Crippen LogP contribution < -0.4 is 5.32 Å². The zero-order valence-electron chi connectivity index (χ0n) is 17.4. The fourth-order valence-corrected chi connectivity index (χ4v) is 3.78. The normalized spacial score (nSPS) is 15.7. The lowest BCUT2D eigenvalue weighted by Crippen LogP contribution is -2.44. The van der Waals surface area contributed by atoms with Gasteiger partial charge in [-0.3, -0.25) is 19.7 Å².